The van der Waals surface area contributed by atoms with E-state index in [1.54, 1.807) is 0 Å². The molecule has 0 spiro atoms. The SMILES string of the molecule is CC/C=C\C/C=C\C/C=C\C/C=C\C/C=C\C/C=C\C/C=C\C/C=C\CCCCCCCCCCC(=O)OC(COC(=O)CCCCCCCCCCCCCC/C=C\C/C=C\C/C=C\C/C=C\CC)COC(OCC[N+](C)(C)C)C(=O)O. The molecule has 0 fully saturated rings. The Morgan fingerprint density at radius 3 is 0.964 bits per heavy atom. The van der Waals surface area contributed by atoms with Crippen molar-refractivity contribution in [2.75, 3.05) is 47.5 Å². The zero-order valence-corrected chi connectivity index (χ0v) is 53.5. The fourth-order valence-electron chi connectivity index (χ4n) is 8.61. The molecule has 1 N–H and O–H groups in total. The summed E-state index contributed by atoms with van der Waals surface area (Å²) in [5.74, 6) is -2.03. The van der Waals surface area contributed by atoms with E-state index < -0.39 is 24.3 Å². The van der Waals surface area contributed by atoms with Crippen molar-refractivity contribution >= 4 is 17.9 Å². The summed E-state index contributed by atoms with van der Waals surface area (Å²) < 4.78 is 22.9. The molecular formula is C74H122NO8+. The molecule has 2 atom stereocenters. The number of hydrogen-bond acceptors (Lipinski definition) is 7. The smallest absolute Gasteiger partial charge is 0.361 e. The van der Waals surface area contributed by atoms with Crippen LogP contribution in [0.15, 0.2) is 146 Å². The van der Waals surface area contributed by atoms with Crippen molar-refractivity contribution in [2.24, 2.45) is 0 Å². The van der Waals surface area contributed by atoms with Crippen molar-refractivity contribution in [3.8, 4) is 0 Å². The van der Waals surface area contributed by atoms with Crippen LogP contribution < -0.4 is 0 Å². The van der Waals surface area contributed by atoms with Crippen LogP contribution in [0.3, 0.4) is 0 Å². The Morgan fingerprint density at radius 2 is 0.651 bits per heavy atom. The summed E-state index contributed by atoms with van der Waals surface area (Å²) in [6.07, 6.45) is 89.3. The average molecular weight is 1150 g/mol. The molecule has 0 rings (SSSR count). The lowest BCUT2D eigenvalue weighted by Gasteiger charge is -2.25. The van der Waals surface area contributed by atoms with Gasteiger partial charge in [0, 0.05) is 12.8 Å². The number of carbonyl (C=O) groups is 3. The van der Waals surface area contributed by atoms with Gasteiger partial charge < -0.3 is 28.5 Å². The minimum Gasteiger partial charge on any atom is -0.477 e. The summed E-state index contributed by atoms with van der Waals surface area (Å²) in [6.45, 7) is 4.63. The van der Waals surface area contributed by atoms with E-state index >= 15 is 0 Å². The van der Waals surface area contributed by atoms with E-state index in [9.17, 15) is 19.5 Å². The number of carbonyl (C=O) groups excluding carboxylic acids is 2. The van der Waals surface area contributed by atoms with Crippen LogP contribution in [0.5, 0.6) is 0 Å². The first-order chi connectivity index (χ1) is 40.6. The van der Waals surface area contributed by atoms with Gasteiger partial charge >= 0.3 is 17.9 Å². The maximum absolute atomic E-state index is 12.9. The maximum atomic E-state index is 12.9. The Morgan fingerprint density at radius 1 is 0.361 bits per heavy atom. The quantitative estimate of drug-likeness (QED) is 0.0211. The van der Waals surface area contributed by atoms with Gasteiger partial charge in [-0.05, 0) is 116 Å². The van der Waals surface area contributed by atoms with E-state index in [4.69, 9.17) is 18.9 Å². The predicted molar refractivity (Wildman–Crippen MR) is 354 cm³/mol. The number of rotatable bonds is 59. The van der Waals surface area contributed by atoms with Crippen molar-refractivity contribution in [1.82, 2.24) is 0 Å². The molecule has 0 aliphatic carbocycles. The molecule has 0 radical (unpaired) electrons. The van der Waals surface area contributed by atoms with Crippen LogP contribution in [0.1, 0.15) is 245 Å². The molecule has 2 unspecified atom stereocenters. The predicted octanol–water partition coefficient (Wildman–Crippen LogP) is 20.3. The molecular weight excluding hydrogens is 1030 g/mol. The van der Waals surface area contributed by atoms with Crippen molar-refractivity contribution in [3.63, 3.8) is 0 Å². The van der Waals surface area contributed by atoms with Gasteiger partial charge in [0.1, 0.15) is 13.2 Å². The molecule has 0 saturated carbocycles. The molecule has 0 saturated heterocycles. The molecule has 9 heteroatoms. The fraction of sp³-hybridized carbons (Fsp3) is 0.635. The number of esters is 2. The highest BCUT2D eigenvalue weighted by molar-refractivity contribution is 5.71. The molecule has 9 nitrogen and oxygen atoms in total. The van der Waals surface area contributed by atoms with Crippen LogP contribution in [0.2, 0.25) is 0 Å². The number of hydrogen-bond donors (Lipinski definition) is 1. The normalized spacial score (nSPS) is 13.7. The highest BCUT2D eigenvalue weighted by Crippen LogP contribution is 2.16. The van der Waals surface area contributed by atoms with Gasteiger partial charge in [-0.2, -0.15) is 0 Å². The molecule has 0 aliphatic heterocycles. The highest BCUT2D eigenvalue weighted by Gasteiger charge is 2.25. The van der Waals surface area contributed by atoms with Gasteiger partial charge in [0.05, 0.1) is 34.4 Å². The third-order valence-corrected chi connectivity index (χ3v) is 13.6. The number of carboxylic acids is 1. The molecule has 470 valence electrons. The van der Waals surface area contributed by atoms with Crippen LogP contribution in [-0.2, 0) is 33.3 Å². The van der Waals surface area contributed by atoms with Crippen molar-refractivity contribution in [3.05, 3.63) is 146 Å². The van der Waals surface area contributed by atoms with Gasteiger partial charge in [-0.15, -0.1) is 0 Å². The van der Waals surface area contributed by atoms with Crippen molar-refractivity contribution < 1.29 is 42.9 Å². The zero-order chi connectivity index (χ0) is 60.5. The van der Waals surface area contributed by atoms with Gasteiger partial charge in [0.15, 0.2) is 6.10 Å². The zero-order valence-electron chi connectivity index (χ0n) is 53.5. The number of unbranched alkanes of at least 4 members (excludes halogenated alkanes) is 20. The van der Waals surface area contributed by atoms with Crippen LogP contribution in [-0.4, -0.2) is 87.4 Å². The topological polar surface area (TPSA) is 108 Å². The summed E-state index contributed by atoms with van der Waals surface area (Å²) in [5, 5.41) is 9.74. The Bertz CT molecular complexity index is 1870. The van der Waals surface area contributed by atoms with Gasteiger partial charge in [-0.25, -0.2) is 4.79 Å². The third-order valence-electron chi connectivity index (χ3n) is 13.6. The lowest BCUT2D eigenvalue weighted by atomic mass is 10.0. The van der Waals surface area contributed by atoms with Crippen LogP contribution in [0.4, 0.5) is 0 Å². The Hall–Kier alpha value is -4.83. The van der Waals surface area contributed by atoms with Crippen LogP contribution >= 0.6 is 0 Å². The van der Waals surface area contributed by atoms with Crippen LogP contribution in [0.25, 0.3) is 0 Å². The van der Waals surface area contributed by atoms with Gasteiger partial charge in [-0.3, -0.25) is 9.59 Å². The third kappa shape index (κ3) is 64.6. The number of allylic oxidation sites excluding steroid dienone is 24. The summed E-state index contributed by atoms with van der Waals surface area (Å²) in [7, 11) is 5.96. The minimum absolute atomic E-state index is 0.178. The van der Waals surface area contributed by atoms with E-state index in [-0.39, 0.29) is 38.6 Å². The molecule has 0 amide bonds. The fourth-order valence-corrected chi connectivity index (χ4v) is 8.61. The monoisotopic (exact) mass is 1150 g/mol. The second-order valence-electron chi connectivity index (χ2n) is 22.7. The van der Waals surface area contributed by atoms with Crippen molar-refractivity contribution in [1.29, 1.82) is 0 Å². The Kier molecular flexibility index (Phi) is 59.5. The minimum atomic E-state index is -1.52. The molecule has 83 heavy (non-hydrogen) atoms. The van der Waals surface area contributed by atoms with E-state index in [2.05, 4.69) is 160 Å². The summed E-state index contributed by atoms with van der Waals surface area (Å²) >= 11 is 0. The molecule has 0 aromatic rings. The van der Waals surface area contributed by atoms with Gasteiger partial charge in [0.2, 0.25) is 0 Å². The number of nitrogens with zero attached hydrogens (tertiary/aromatic N) is 1. The van der Waals surface area contributed by atoms with E-state index in [0.29, 0.717) is 17.4 Å². The van der Waals surface area contributed by atoms with Crippen LogP contribution in [0, 0.1) is 0 Å². The molecule has 0 bridgehead atoms. The first-order valence-corrected chi connectivity index (χ1v) is 33.0. The number of likely N-dealkylation sites (N-methyl/N-ethyl adjacent to an activating group) is 1. The van der Waals surface area contributed by atoms with Crippen molar-refractivity contribution in [2.45, 2.75) is 257 Å². The highest BCUT2D eigenvalue weighted by atomic mass is 16.7. The Labute approximate surface area is 509 Å². The summed E-state index contributed by atoms with van der Waals surface area (Å²) in [4.78, 5) is 37.6. The van der Waals surface area contributed by atoms with E-state index in [0.717, 1.165) is 122 Å². The van der Waals surface area contributed by atoms with E-state index in [1.807, 2.05) is 21.1 Å². The largest absolute Gasteiger partial charge is 0.477 e. The van der Waals surface area contributed by atoms with Gasteiger partial charge in [-0.1, -0.05) is 262 Å². The summed E-state index contributed by atoms with van der Waals surface area (Å²) in [5.41, 5.74) is 0. The molecule has 0 aliphatic rings. The first-order valence-electron chi connectivity index (χ1n) is 33.0. The van der Waals surface area contributed by atoms with E-state index in [1.165, 1.54) is 89.9 Å². The lowest BCUT2D eigenvalue weighted by Crippen LogP contribution is -2.40. The van der Waals surface area contributed by atoms with Gasteiger partial charge in [0.25, 0.3) is 6.29 Å². The second kappa shape index (κ2) is 63.2. The maximum Gasteiger partial charge on any atom is 0.361 e. The molecule has 0 heterocycles. The number of quaternary nitrogens is 1. The summed E-state index contributed by atoms with van der Waals surface area (Å²) in [6, 6.07) is 0. The number of carboxylic acid groups (broad SMARTS) is 1. The number of aliphatic carboxylic acids is 1. The molecule has 0 aromatic heterocycles. The first kappa shape index (κ1) is 78.2. The number of ether oxygens (including phenoxy) is 4. The standard InChI is InChI=1S/C74H121NO8/c1-6-8-10-12-14-16-18-20-22-24-26-28-30-32-33-34-35-36-37-38-39-41-43-45-47-49-51-53-55-57-59-61-63-65-72(77)83-70(69-82-74(73(78)79)80-67-66-75(3,4)5)68-81-71(76)64-62-60-58-56-54-52-50-48-46-44-42-40-31-29-27-25-23-21-19-17-15-13-11-9-7-2/h8-11,14-17,20-23,26-29,32-33,35-36,38-39,43,45,70,74H,6-7,12-13,18-19,24-25,30-31,34,37,40-42,44,46-69H2,1-5H3/p+1/b10-8-,11-9-,16-14-,17-15-,22-20-,23-21-,28-26-,29-27-,33-32-,36-35-,39-38-,45-43-. The second-order valence-corrected chi connectivity index (χ2v) is 22.7. The lowest BCUT2D eigenvalue weighted by molar-refractivity contribution is -0.870. The molecule has 0 aromatic carbocycles. The average Bonchev–Trinajstić information content (AvgIpc) is 3.46. The Balaban J connectivity index is 4.23.